The molecule has 2 amide bonds. The lowest BCUT2D eigenvalue weighted by molar-refractivity contribution is -0.138. The molecule has 34 heavy (non-hydrogen) atoms. The van der Waals surface area contributed by atoms with Crippen LogP contribution < -0.4 is 10.2 Å². The topological polar surface area (TPSA) is 112 Å². The number of carboxylic acids is 1. The van der Waals surface area contributed by atoms with Crippen LogP contribution in [0.25, 0.3) is 10.2 Å². The standard InChI is InChI=1S/C25H19N3O5S/c29-22(27-25-26-18-8-4-5-9-19(18)34-25)16-10-12-17(13-11-16)28(14-15-6-2-1-3-7-15)23(30)20-21(33-20)24(31)32/h1-13,20-21H,14H2,(H,31,32)(H,26,27,29). The normalized spacial score (nSPS) is 16.7. The first-order valence-corrected chi connectivity index (χ1v) is 11.3. The van der Waals surface area contributed by atoms with Crippen LogP contribution in [-0.4, -0.2) is 40.1 Å². The number of carbonyl (C=O) groups is 3. The van der Waals surface area contributed by atoms with Gasteiger partial charge in [-0.1, -0.05) is 53.8 Å². The Balaban J connectivity index is 1.35. The maximum Gasteiger partial charge on any atom is 0.336 e. The van der Waals surface area contributed by atoms with Crippen LogP contribution in [0.2, 0.25) is 0 Å². The number of fused-ring (bicyclic) bond motifs is 1. The molecule has 0 aliphatic carbocycles. The number of epoxide rings is 1. The third kappa shape index (κ3) is 4.52. The number of aliphatic carboxylic acids is 1. The summed E-state index contributed by atoms with van der Waals surface area (Å²) in [6.45, 7) is 0.239. The fourth-order valence-electron chi connectivity index (χ4n) is 3.59. The highest BCUT2D eigenvalue weighted by atomic mass is 32.1. The highest BCUT2D eigenvalue weighted by Crippen LogP contribution is 2.29. The van der Waals surface area contributed by atoms with E-state index >= 15 is 0 Å². The van der Waals surface area contributed by atoms with Gasteiger partial charge in [0.15, 0.2) is 17.3 Å². The van der Waals surface area contributed by atoms with Gasteiger partial charge < -0.3 is 14.7 Å². The van der Waals surface area contributed by atoms with Crippen molar-refractivity contribution < 1.29 is 24.2 Å². The average molecular weight is 474 g/mol. The second kappa shape index (κ2) is 9.05. The second-order valence-corrected chi connectivity index (χ2v) is 8.74. The van der Waals surface area contributed by atoms with Crippen molar-refractivity contribution in [2.24, 2.45) is 0 Å². The molecule has 9 heteroatoms. The number of amides is 2. The van der Waals surface area contributed by atoms with E-state index in [1.807, 2.05) is 54.6 Å². The molecule has 1 aliphatic heterocycles. The van der Waals surface area contributed by atoms with Gasteiger partial charge in [-0.05, 0) is 42.0 Å². The van der Waals surface area contributed by atoms with Crippen LogP contribution in [-0.2, 0) is 20.9 Å². The zero-order valence-electron chi connectivity index (χ0n) is 17.8. The molecule has 2 heterocycles. The van der Waals surface area contributed by atoms with E-state index in [4.69, 9.17) is 9.84 Å². The number of ether oxygens (including phenoxy) is 1. The molecule has 1 fully saturated rings. The molecule has 0 bridgehead atoms. The Hall–Kier alpha value is -4.08. The number of thiazole rings is 1. The SMILES string of the molecule is O=C(Nc1nc2ccccc2s1)c1ccc(N(Cc2ccccc2)C(=O)C2OC2C(=O)O)cc1. The quantitative estimate of drug-likeness (QED) is 0.393. The molecule has 170 valence electrons. The molecule has 2 unspecified atom stereocenters. The van der Waals surface area contributed by atoms with Crippen LogP contribution in [0.1, 0.15) is 15.9 Å². The van der Waals surface area contributed by atoms with E-state index in [0.29, 0.717) is 16.4 Å². The van der Waals surface area contributed by atoms with Crippen molar-refractivity contribution >= 4 is 50.2 Å². The summed E-state index contributed by atoms with van der Waals surface area (Å²) in [5.74, 6) is -1.93. The number of aromatic nitrogens is 1. The molecule has 8 nitrogen and oxygen atoms in total. The number of benzene rings is 3. The minimum Gasteiger partial charge on any atom is -0.479 e. The Morgan fingerprint density at radius 3 is 2.32 bits per heavy atom. The van der Waals surface area contributed by atoms with Crippen molar-refractivity contribution in [2.75, 3.05) is 10.2 Å². The summed E-state index contributed by atoms with van der Waals surface area (Å²) in [4.78, 5) is 42.8. The van der Waals surface area contributed by atoms with E-state index in [1.54, 1.807) is 24.3 Å². The summed E-state index contributed by atoms with van der Waals surface area (Å²) >= 11 is 1.39. The third-order valence-corrected chi connectivity index (χ3v) is 6.34. The number of nitrogens with zero attached hydrogens (tertiary/aromatic N) is 2. The second-order valence-electron chi connectivity index (χ2n) is 7.71. The van der Waals surface area contributed by atoms with E-state index in [1.165, 1.54) is 16.2 Å². The van der Waals surface area contributed by atoms with Crippen molar-refractivity contribution in [2.45, 2.75) is 18.8 Å². The van der Waals surface area contributed by atoms with Gasteiger partial charge in [-0.2, -0.15) is 0 Å². The summed E-state index contributed by atoms with van der Waals surface area (Å²) in [6, 6.07) is 23.5. The van der Waals surface area contributed by atoms with Crippen LogP contribution in [0.5, 0.6) is 0 Å². The van der Waals surface area contributed by atoms with Crippen LogP contribution in [0.4, 0.5) is 10.8 Å². The van der Waals surface area contributed by atoms with E-state index in [2.05, 4.69) is 10.3 Å². The summed E-state index contributed by atoms with van der Waals surface area (Å²) < 4.78 is 6.05. The minimum atomic E-state index is -1.17. The lowest BCUT2D eigenvalue weighted by Crippen LogP contribution is -2.35. The summed E-state index contributed by atoms with van der Waals surface area (Å²) in [6.07, 6.45) is -2.16. The maximum atomic E-state index is 13.0. The number of carboxylic acid groups (broad SMARTS) is 1. The molecule has 0 radical (unpaired) electrons. The van der Waals surface area contributed by atoms with Crippen LogP contribution >= 0.6 is 11.3 Å². The molecule has 0 spiro atoms. The Bertz CT molecular complexity index is 1340. The van der Waals surface area contributed by atoms with Gasteiger partial charge in [-0.3, -0.25) is 14.9 Å². The van der Waals surface area contributed by atoms with E-state index < -0.39 is 24.1 Å². The van der Waals surface area contributed by atoms with Crippen LogP contribution in [0.3, 0.4) is 0 Å². The van der Waals surface area contributed by atoms with Crippen molar-refractivity contribution in [1.82, 2.24) is 4.98 Å². The number of hydrogen-bond donors (Lipinski definition) is 2. The lowest BCUT2D eigenvalue weighted by Gasteiger charge is -2.22. The molecule has 1 aliphatic rings. The number of anilines is 2. The largest absolute Gasteiger partial charge is 0.479 e. The van der Waals surface area contributed by atoms with E-state index in [0.717, 1.165) is 15.8 Å². The predicted molar refractivity (Wildman–Crippen MR) is 128 cm³/mol. The van der Waals surface area contributed by atoms with Gasteiger partial charge in [-0.25, -0.2) is 9.78 Å². The van der Waals surface area contributed by atoms with Gasteiger partial charge in [0, 0.05) is 11.3 Å². The smallest absolute Gasteiger partial charge is 0.336 e. The summed E-state index contributed by atoms with van der Waals surface area (Å²) in [7, 11) is 0. The fraction of sp³-hybridized carbons (Fsp3) is 0.120. The highest BCUT2D eigenvalue weighted by Gasteiger charge is 2.52. The zero-order valence-corrected chi connectivity index (χ0v) is 18.6. The van der Waals surface area contributed by atoms with Gasteiger partial charge in [0.25, 0.3) is 11.8 Å². The van der Waals surface area contributed by atoms with Gasteiger partial charge in [0.1, 0.15) is 0 Å². The number of para-hydroxylation sites is 1. The van der Waals surface area contributed by atoms with Gasteiger partial charge >= 0.3 is 5.97 Å². The Labute approximate surface area is 198 Å². The Morgan fingerprint density at radius 1 is 0.941 bits per heavy atom. The molecule has 1 saturated heterocycles. The Morgan fingerprint density at radius 2 is 1.65 bits per heavy atom. The molecule has 1 aromatic heterocycles. The number of rotatable bonds is 7. The number of hydrogen-bond acceptors (Lipinski definition) is 6. The molecule has 3 aromatic carbocycles. The molecular formula is C25H19N3O5S. The molecular weight excluding hydrogens is 454 g/mol. The maximum absolute atomic E-state index is 13.0. The minimum absolute atomic E-state index is 0.239. The number of nitrogens with one attached hydrogen (secondary N) is 1. The predicted octanol–water partition coefficient (Wildman–Crippen LogP) is 3.93. The number of carbonyl (C=O) groups excluding carboxylic acids is 2. The zero-order chi connectivity index (χ0) is 23.7. The lowest BCUT2D eigenvalue weighted by atomic mass is 10.1. The van der Waals surface area contributed by atoms with E-state index in [9.17, 15) is 14.4 Å². The van der Waals surface area contributed by atoms with Crippen LogP contribution in [0, 0.1) is 0 Å². The first-order valence-electron chi connectivity index (χ1n) is 10.5. The highest BCUT2D eigenvalue weighted by molar-refractivity contribution is 7.22. The molecule has 5 rings (SSSR count). The van der Waals surface area contributed by atoms with Crippen molar-refractivity contribution in [3.8, 4) is 0 Å². The first-order chi connectivity index (χ1) is 16.5. The van der Waals surface area contributed by atoms with Gasteiger partial charge in [0.05, 0.1) is 16.8 Å². The fourth-order valence-corrected chi connectivity index (χ4v) is 4.45. The summed E-state index contributed by atoms with van der Waals surface area (Å²) in [5, 5.41) is 12.4. The van der Waals surface area contributed by atoms with Gasteiger partial charge in [0.2, 0.25) is 0 Å². The molecule has 2 N–H and O–H groups in total. The third-order valence-electron chi connectivity index (χ3n) is 5.38. The van der Waals surface area contributed by atoms with Crippen molar-refractivity contribution in [1.29, 1.82) is 0 Å². The summed E-state index contributed by atoms with van der Waals surface area (Å²) in [5.41, 5.74) is 2.63. The molecule has 0 saturated carbocycles. The average Bonchev–Trinajstić information content (AvgIpc) is 3.56. The molecule has 2 atom stereocenters. The molecule has 4 aromatic rings. The van der Waals surface area contributed by atoms with E-state index in [-0.39, 0.29) is 12.5 Å². The van der Waals surface area contributed by atoms with Crippen LogP contribution in [0.15, 0.2) is 78.9 Å². The van der Waals surface area contributed by atoms with Gasteiger partial charge in [-0.15, -0.1) is 0 Å². The van der Waals surface area contributed by atoms with Crippen molar-refractivity contribution in [3.05, 3.63) is 90.0 Å². The Kier molecular flexibility index (Phi) is 5.79. The first kappa shape index (κ1) is 21.7. The monoisotopic (exact) mass is 473 g/mol. The van der Waals surface area contributed by atoms with Crippen molar-refractivity contribution in [3.63, 3.8) is 0 Å².